The van der Waals surface area contributed by atoms with E-state index in [1.165, 1.54) is 0 Å². The van der Waals surface area contributed by atoms with E-state index in [1.807, 2.05) is 0 Å². The molecule has 0 saturated heterocycles. The molecule has 1 aliphatic heterocycles. The molecular formula is C10H11NO2. The van der Waals surface area contributed by atoms with Gasteiger partial charge >= 0.3 is 0 Å². The van der Waals surface area contributed by atoms with E-state index in [-0.39, 0.29) is 5.75 Å². The van der Waals surface area contributed by atoms with Gasteiger partial charge in [0.2, 0.25) is 5.90 Å². The van der Waals surface area contributed by atoms with Gasteiger partial charge in [0.15, 0.2) is 0 Å². The Labute approximate surface area is 76.7 Å². The number of rotatable bonds is 1. The van der Waals surface area contributed by atoms with Gasteiger partial charge in [-0.3, -0.25) is 4.99 Å². The van der Waals surface area contributed by atoms with Crippen molar-refractivity contribution in [2.45, 2.75) is 6.42 Å². The number of phenols is 1. The molecule has 0 aromatic heterocycles. The van der Waals surface area contributed by atoms with E-state index in [1.54, 1.807) is 24.3 Å². The van der Waals surface area contributed by atoms with Crippen molar-refractivity contribution in [3.63, 3.8) is 0 Å². The minimum absolute atomic E-state index is 0.264. The van der Waals surface area contributed by atoms with Gasteiger partial charge in [0.05, 0.1) is 6.61 Å². The maximum atomic E-state index is 9.07. The van der Waals surface area contributed by atoms with Gasteiger partial charge in [-0.15, -0.1) is 0 Å². The number of benzene rings is 1. The Bertz CT molecular complexity index is 316. The molecule has 1 aromatic carbocycles. The molecule has 0 bridgehead atoms. The van der Waals surface area contributed by atoms with Crippen LogP contribution < -0.4 is 0 Å². The molecule has 2 rings (SSSR count). The summed E-state index contributed by atoms with van der Waals surface area (Å²) in [6.07, 6.45) is 0.988. The van der Waals surface area contributed by atoms with Crippen molar-refractivity contribution in [1.82, 2.24) is 0 Å². The molecule has 3 nitrogen and oxygen atoms in total. The molecule has 0 spiro atoms. The van der Waals surface area contributed by atoms with Crippen molar-refractivity contribution < 1.29 is 9.84 Å². The molecule has 0 saturated carbocycles. The van der Waals surface area contributed by atoms with Gasteiger partial charge in [0, 0.05) is 18.5 Å². The smallest absolute Gasteiger partial charge is 0.216 e. The lowest BCUT2D eigenvalue weighted by atomic mass is 10.2. The highest BCUT2D eigenvalue weighted by Gasteiger charge is 2.07. The van der Waals surface area contributed by atoms with Crippen LogP contribution >= 0.6 is 0 Å². The number of ether oxygens (including phenoxy) is 1. The average molecular weight is 177 g/mol. The number of hydrogen-bond donors (Lipinski definition) is 1. The summed E-state index contributed by atoms with van der Waals surface area (Å²) in [6, 6.07) is 6.88. The summed E-state index contributed by atoms with van der Waals surface area (Å²) in [7, 11) is 0. The van der Waals surface area contributed by atoms with Gasteiger partial charge in [-0.05, 0) is 24.3 Å². The predicted octanol–water partition coefficient (Wildman–Crippen LogP) is 1.56. The first-order valence-corrected chi connectivity index (χ1v) is 4.33. The zero-order chi connectivity index (χ0) is 9.10. The lowest BCUT2D eigenvalue weighted by molar-refractivity contribution is 0.284. The Kier molecular flexibility index (Phi) is 2.17. The molecule has 3 heteroatoms. The summed E-state index contributed by atoms with van der Waals surface area (Å²) >= 11 is 0. The van der Waals surface area contributed by atoms with Crippen molar-refractivity contribution in [1.29, 1.82) is 0 Å². The molecule has 68 valence electrons. The predicted molar refractivity (Wildman–Crippen MR) is 50.1 cm³/mol. The van der Waals surface area contributed by atoms with Crippen molar-refractivity contribution in [3.05, 3.63) is 29.8 Å². The van der Waals surface area contributed by atoms with Gasteiger partial charge in [-0.25, -0.2) is 0 Å². The largest absolute Gasteiger partial charge is 0.508 e. The van der Waals surface area contributed by atoms with E-state index in [4.69, 9.17) is 9.84 Å². The van der Waals surface area contributed by atoms with Gasteiger partial charge < -0.3 is 9.84 Å². The number of phenolic OH excluding ortho intramolecular Hbond substituents is 1. The second-order valence-electron chi connectivity index (χ2n) is 2.94. The van der Waals surface area contributed by atoms with E-state index in [0.717, 1.165) is 25.1 Å². The monoisotopic (exact) mass is 177 g/mol. The van der Waals surface area contributed by atoms with Crippen LogP contribution in [0.2, 0.25) is 0 Å². The molecule has 1 N–H and O–H groups in total. The average Bonchev–Trinajstić information content (AvgIpc) is 2.20. The molecule has 0 aliphatic carbocycles. The van der Waals surface area contributed by atoms with Gasteiger partial charge in [-0.2, -0.15) is 0 Å². The van der Waals surface area contributed by atoms with E-state index in [0.29, 0.717) is 5.90 Å². The van der Waals surface area contributed by atoms with Crippen LogP contribution in [0.5, 0.6) is 5.75 Å². The second kappa shape index (κ2) is 3.47. The summed E-state index contributed by atoms with van der Waals surface area (Å²) in [5.41, 5.74) is 0.928. The molecular weight excluding hydrogens is 166 g/mol. The van der Waals surface area contributed by atoms with Crippen LogP contribution in [0.1, 0.15) is 12.0 Å². The third-order valence-electron chi connectivity index (χ3n) is 1.91. The van der Waals surface area contributed by atoms with Crippen LogP contribution in [0.15, 0.2) is 29.3 Å². The van der Waals surface area contributed by atoms with Crippen LogP contribution in [-0.4, -0.2) is 24.2 Å². The van der Waals surface area contributed by atoms with Gasteiger partial charge in [0.25, 0.3) is 0 Å². The van der Waals surface area contributed by atoms with Crippen molar-refractivity contribution >= 4 is 5.90 Å². The summed E-state index contributed by atoms with van der Waals surface area (Å²) in [5, 5.41) is 9.07. The summed E-state index contributed by atoms with van der Waals surface area (Å²) < 4.78 is 5.37. The highest BCUT2D eigenvalue weighted by molar-refractivity contribution is 5.94. The van der Waals surface area contributed by atoms with Crippen molar-refractivity contribution in [2.75, 3.05) is 13.2 Å². The molecule has 1 heterocycles. The summed E-state index contributed by atoms with van der Waals surface area (Å²) in [5.74, 6) is 0.950. The normalized spacial score (nSPS) is 16.2. The number of aliphatic imine (C=N–C) groups is 1. The van der Waals surface area contributed by atoms with E-state index in [2.05, 4.69) is 4.99 Å². The molecule has 1 aromatic rings. The number of nitrogens with zero attached hydrogens (tertiary/aromatic N) is 1. The zero-order valence-corrected chi connectivity index (χ0v) is 7.23. The van der Waals surface area contributed by atoms with Crippen LogP contribution in [0.3, 0.4) is 0 Å². The molecule has 0 fully saturated rings. The van der Waals surface area contributed by atoms with Crippen molar-refractivity contribution in [3.8, 4) is 5.75 Å². The molecule has 0 atom stereocenters. The van der Waals surface area contributed by atoms with Crippen molar-refractivity contribution in [2.24, 2.45) is 4.99 Å². The Morgan fingerprint density at radius 3 is 2.62 bits per heavy atom. The SMILES string of the molecule is Oc1ccc(C2=NCCCO2)cc1. The van der Waals surface area contributed by atoms with Gasteiger partial charge in [-0.1, -0.05) is 0 Å². The fourth-order valence-electron chi connectivity index (χ4n) is 1.24. The highest BCUT2D eigenvalue weighted by Crippen LogP contribution is 2.12. The fourth-order valence-corrected chi connectivity index (χ4v) is 1.24. The second-order valence-corrected chi connectivity index (χ2v) is 2.94. The lowest BCUT2D eigenvalue weighted by Crippen LogP contribution is -2.14. The van der Waals surface area contributed by atoms with Crippen LogP contribution in [0.4, 0.5) is 0 Å². The topological polar surface area (TPSA) is 41.8 Å². The molecule has 13 heavy (non-hydrogen) atoms. The minimum atomic E-state index is 0.264. The lowest BCUT2D eigenvalue weighted by Gasteiger charge is -2.13. The minimum Gasteiger partial charge on any atom is -0.508 e. The maximum absolute atomic E-state index is 9.07. The number of aromatic hydroxyl groups is 1. The molecule has 0 radical (unpaired) electrons. The first-order valence-electron chi connectivity index (χ1n) is 4.33. The molecule has 0 amide bonds. The van der Waals surface area contributed by atoms with E-state index < -0.39 is 0 Å². The van der Waals surface area contributed by atoms with Crippen LogP contribution in [0.25, 0.3) is 0 Å². The third kappa shape index (κ3) is 1.80. The first-order chi connectivity index (χ1) is 6.36. The van der Waals surface area contributed by atoms with Gasteiger partial charge in [0.1, 0.15) is 5.75 Å². The van der Waals surface area contributed by atoms with Crippen LogP contribution in [-0.2, 0) is 4.74 Å². The summed E-state index contributed by atoms with van der Waals surface area (Å²) in [6.45, 7) is 1.57. The van der Waals surface area contributed by atoms with E-state index >= 15 is 0 Å². The quantitative estimate of drug-likeness (QED) is 0.707. The Hall–Kier alpha value is -1.51. The Morgan fingerprint density at radius 2 is 2.00 bits per heavy atom. The standard InChI is InChI=1S/C10H11NO2/c12-9-4-2-8(3-5-9)10-11-6-1-7-13-10/h2-5,12H,1,6-7H2. The number of hydrogen-bond acceptors (Lipinski definition) is 3. The maximum Gasteiger partial charge on any atom is 0.216 e. The highest BCUT2D eigenvalue weighted by atomic mass is 16.5. The Morgan fingerprint density at radius 1 is 1.23 bits per heavy atom. The van der Waals surface area contributed by atoms with E-state index in [9.17, 15) is 0 Å². The third-order valence-corrected chi connectivity index (χ3v) is 1.91. The Balaban J connectivity index is 2.24. The zero-order valence-electron chi connectivity index (χ0n) is 7.23. The fraction of sp³-hybridized carbons (Fsp3) is 0.300. The summed E-state index contributed by atoms with van der Waals surface area (Å²) in [4.78, 5) is 4.24. The first kappa shape index (κ1) is 8.10. The molecule has 0 unspecified atom stereocenters. The molecule has 1 aliphatic rings. The van der Waals surface area contributed by atoms with Crippen LogP contribution in [0, 0.1) is 0 Å².